The number of ether oxygens (including phenoxy) is 2. The SMILES string of the molecule is CC1=C(OC(=O)O)C2=COC(c3ccc(Cl)cc3)(C(C)Cl)C2=CN1. The highest BCUT2D eigenvalue weighted by Crippen LogP contribution is 2.50. The van der Waals surface area contributed by atoms with Crippen LogP contribution < -0.4 is 5.32 Å². The minimum atomic E-state index is -1.39. The zero-order valence-corrected chi connectivity index (χ0v) is 14.5. The van der Waals surface area contributed by atoms with E-state index < -0.39 is 17.1 Å². The Bertz CT molecular complexity index is 780. The van der Waals surface area contributed by atoms with Gasteiger partial charge in [0, 0.05) is 22.4 Å². The van der Waals surface area contributed by atoms with Crippen molar-refractivity contribution in [2.75, 3.05) is 0 Å². The normalized spacial score (nSPS) is 23.5. The van der Waals surface area contributed by atoms with Crippen molar-refractivity contribution in [1.29, 1.82) is 0 Å². The molecule has 1 aromatic rings. The van der Waals surface area contributed by atoms with Crippen molar-refractivity contribution < 1.29 is 19.4 Å². The lowest BCUT2D eigenvalue weighted by Crippen LogP contribution is -2.38. The fourth-order valence-corrected chi connectivity index (χ4v) is 3.39. The first kappa shape index (κ1) is 16.7. The van der Waals surface area contributed by atoms with Crippen molar-refractivity contribution in [3.05, 3.63) is 69.9 Å². The minimum absolute atomic E-state index is 0.202. The minimum Gasteiger partial charge on any atom is -0.483 e. The van der Waals surface area contributed by atoms with Crippen molar-refractivity contribution in [2.45, 2.75) is 24.8 Å². The number of rotatable bonds is 3. The highest BCUT2D eigenvalue weighted by Gasteiger charge is 2.50. The predicted molar refractivity (Wildman–Crippen MR) is 90.6 cm³/mol. The van der Waals surface area contributed by atoms with Gasteiger partial charge in [0.2, 0.25) is 0 Å². The van der Waals surface area contributed by atoms with E-state index in [-0.39, 0.29) is 5.76 Å². The molecular formula is C17H15Cl2NO4. The molecule has 0 amide bonds. The zero-order valence-electron chi connectivity index (χ0n) is 13.0. The Morgan fingerprint density at radius 2 is 2.04 bits per heavy atom. The summed E-state index contributed by atoms with van der Waals surface area (Å²) in [5.41, 5.74) is 1.67. The second kappa shape index (κ2) is 6.07. The smallest absolute Gasteiger partial charge is 0.483 e. The van der Waals surface area contributed by atoms with Crippen LogP contribution in [-0.4, -0.2) is 16.6 Å². The van der Waals surface area contributed by atoms with E-state index in [1.165, 1.54) is 6.26 Å². The van der Waals surface area contributed by atoms with Crippen LogP contribution in [0.1, 0.15) is 19.4 Å². The number of hydrogen-bond acceptors (Lipinski definition) is 4. The first-order valence-electron chi connectivity index (χ1n) is 7.24. The molecular weight excluding hydrogens is 353 g/mol. The second-order valence-corrected chi connectivity index (χ2v) is 6.62. The fraction of sp³-hybridized carbons (Fsp3) is 0.235. The predicted octanol–water partition coefficient (Wildman–Crippen LogP) is 4.49. The van der Waals surface area contributed by atoms with Crippen LogP contribution in [0.2, 0.25) is 5.02 Å². The van der Waals surface area contributed by atoms with Gasteiger partial charge >= 0.3 is 6.16 Å². The van der Waals surface area contributed by atoms with Crippen molar-refractivity contribution in [3.8, 4) is 0 Å². The molecule has 0 aromatic heterocycles. The molecule has 2 heterocycles. The molecule has 2 N–H and O–H groups in total. The van der Waals surface area contributed by atoms with Gasteiger partial charge in [-0.05, 0) is 26.0 Å². The molecule has 7 heteroatoms. The maximum absolute atomic E-state index is 11.0. The first-order valence-corrected chi connectivity index (χ1v) is 8.05. The summed E-state index contributed by atoms with van der Waals surface area (Å²) in [6.45, 7) is 3.54. The lowest BCUT2D eigenvalue weighted by Gasteiger charge is -2.35. The average Bonchev–Trinajstić information content (AvgIpc) is 2.91. The van der Waals surface area contributed by atoms with Gasteiger partial charge in [-0.25, -0.2) is 4.79 Å². The van der Waals surface area contributed by atoms with Gasteiger partial charge in [0.05, 0.1) is 22.9 Å². The molecule has 2 aliphatic rings. The highest BCUT2D eigenvalue weighted by molar-refractivity contribution is 6.30. The van der Waals surface area contributed by atoms with Gasteiger partial charge in [-0.2, -0.15) is 0 Å². The van der Waals surface area contributed by atoms with Gasteiger partial charge in [0.25, 0.3) is 0 Å². The van der Waals surface area contributed by atoms with Crippen LogP contribution in [-0.2, 0) is 15.1 Å². The zero-order chi connectivity index (χ0) is 17.5. The van der Waals surface area contributed by atoms with Crippen molar-refractivity contribution in [1.82, 2.24) is 5.32 Å². The molecule has 126 valence electrons. The number of fused-ring (bicyclic) bond motifs is 1. The van der Waals surface area contributed by atoms with Gasteiger partial charge < -0.3 is 19.9 Å². The summed E-state index contributed by atoms with van der Waals surface area (Å²) in [6, 6.07) is 7.18. The summed E-state index contributed by atoms with van der Waals surface area (Å²) < 4.78 is 10.9. The Balaban J connectivity index is 2.08. The summed E-state index contributed by atoms with van der Waals surface area (Å²) in [5.74, 6) is 0.202. The maximum Gasteiger partial charge on any atom is 0.511 e. The Kier molecular flexibility index (Phi) is 4.24. The van der Waals surface area contributed by atoms with Gasteiger partial charge in [-0.15, -0.1) is 11.6 Å². The lowest BCUT2D eigenvalue weighted by molar-refractivity contribution is 0.0723. The number of alkyl halides is 1. The number of halogens is 2. The van der Waals surface area contributed by atoms with E-state index in [1.807, 2.05) is 19.1 Å². The molecule has 0 fully saturated rings. The fourth-order valence-electron chi connectivity index (χ4n) is 2.97. The van der Waals surface area contributed by atoms with Crippen LogP contribution in [0.25, 0.3) is 0 Å². The number of hydrogen-bond donors (Lipinski definition) is 2. The molecule has 2 aliphatic heterocycles. The molecule has 0 bridgehead atoms. The van der Waals surface area contributed by atoms with E-state index in [0.717, 1.165) is 5.56 Å². The number of carboxylic acid groups (broad SMARTS) is 1. The summed E-state index contributed by atoms with van der Waals surface area (Å²) in [7, 11) is 0. The molecule has 0 aliphatic carbocycles. The first-order chi connectivity index (χ1) is 11.4. The lowest BCUT2D eigenvalue weighted by atomic mass is 9.80. The number of carbonyl (C=O) groups is 1. The summed E-state index contributed by atoms with van der Waals surface area (Å²) >= 11 is 12.5. The molecule has 5 nitrogen and oxygen atoms in total. The number of nitrogens with one attached hydrogen (secondary N) is 1. The van der Waals surface area contributed by atoms with Crippen molar-refractivity contribution in [3.63, 3.8) is 0 Å². The van der Waals surface area contributed by atoms with Crippen LogP contribution in [0.15, 0.2) is 59.3 Å². The Hall–Kier alpha value is -2.11. The largest absolute Gasteiger partial charge is 0.511 e. The third-order valence-corrected chi connectivity index (χ3v) is 4.65. The Morgan fingerprint density at radius 3 is 2.62 bits per heavy atom. The van der Waals surface area contributed by atoms with E-state index in [4.69, 9.17) is 37.8 Å². The molecule has 0 spiro atoms. The molecule has 3 rings (SSSR count). The topological polar surface area (TPSA) is 67.8 Å². The molecule has 0 saturated carbocycles. The van der Waals surface area contributed by atoms with Crippen molar-refractivity contribution >= 4 is 29.4 Å². The van der Waals surface area contributed by atoms with E-state index in [0.29, 0.717) is 21.9 Å². The van der Waals surface area contributed by atoms with E-state index in [2.05, 4.69) is 5.32 Å². The molecule has 24 heavy (non-hydrogen) atoms. The van der Waals surface area contributed by atoms with E-state index >= 15 is 0 Å². The van der Waals surface area contributed by atoms with Gasteiger partial charge in [0.1, 0.15) is 0 Å². The standard InChI is InChI=1S/C17H15Cl2NO4/c1-9-15(24-16(21)22)13-8-23-17(10(2)18,14(13)7-20-9)11-3-5-12(19)6-4-11/h3-8,10,20H,1-2H3,(H,21,22). The molecule has 2 unspecified atom stereocenters. The van der Waals surface area contributed by atoms with Gasteiger partial charge in [-0.3, -0.25) is 0 Å². The molecule has 0 saturated heterocycles. The molecule has 0 radical (unpaired) electrons. The van der Waals surface area contributed by atoms with Crippen LogP contribution in [0.3, 0.4) is 0 Å². The second-order valence-electron chi connectivity index (χ2n) is 5.53. The van der Waals surface area contributed by atoms with Gasteiger partial charge in [0.15, 0.2) is 11.4 Å². The third kappa shape index (κ3) is 2.54. The van der Waals surface area contributed by atoms with Crippen LogP contribution in [0.5, 0.6) is 0 Å². The molecule has 1 aromatic carbocycles. The summed E-state index contributed by atoms with van der Waals surface area (Å²) in [4.78, 5) is 11.0. The van der Waals surface area contributed by atoms with Crippen molar-refractivity contribution in [2.24, 2.45) is 0 Å². The number of allylic oxidation sites excluding steroid dienone is 2. The highest BCUT2D eigenvalue weighted by atomic mass is 35.5. The number of benzene rings is 1. The Morgan fingerprint density at radius 1 is 1.38 bits per heavy atom. The van der Waals surface area contributed by atoms with E-state index in [9.17, 15) is 4.79 Å². The maximum atomic E-state index is 11.0. The monoisotopic (exact) mass is 367 g/mol. The third-order valence-electron chi connectivity index (χ3n) is 4.09. The number of dihydropyridines is 1. The summed E-state index contributed by atoms with van der Waals surface area (Å²) in [6.07, 6.45) is 1.86. The van der Waals surface area contributed by atoms with Crippen LogP contribution in [0.4, 0.5) is 4.79 Å². The van der Waals surface area contributed by atoms with E-state index in [1.54, 1.807) is 25.3 Å². The Labute approximate surface area is 149 Å². The average molecular weight is 368 g/mol. The van der Waals surface area contributed by atoms with Gasteiger partial charge in [-0.1, -0.05) is 23.7 Å². The van der Waals surface area contributed by atoms with Crippen LogP contribution in [0, 0.1) is 0 Å². The summed E-state index contributed by atoms with van der Waals surface area (Å²) in [5, 5.41) is 12.2. The quantitative estimate of drug-likeness (QED) is 0.608. The van der Waals surface area contributed by atoms with Crippen LogP contribution >= 0.6 is 23.2 Å². The molecule has 2 atom stereocenters.